The average Bonchev–Trinajstić information content (AvgIpc) is 3.08. The van der Waals surface area contributed by atoms with Crippen LogP contribution < -0.4 is 0 Å². The molecule has 1 saturated heterocycles. The molecule has 1 atom stereocenters. The minimum absolute atomic E-state index is 0.0874. The van der Waals surface area contributed by atoms with Crippen LogP contribution in [0.1, 0.15) is 23.2 Å². The van der Waals surface area contributed by atoms with E-state index < -0.39 is 16.7 Å². The molecule has 100 valence electrons. The zero-order valence-electron chi connectivity index (χ0n) is 11.0. The molecule has 1 aliphatic carbocycles. The highest BCUT2D eigenvalue weighted by Crippen LogP contribution is 2.73. The molecule has 20 heavy (non-hydrogen) atoms. The third-order valence-electron chi connectivity index (χ3n) is 4.75. The Hall–Kier alpha value is -2.17. The van der Waals surface area contributed by atoms with E-state index >= 15 is 0 Å². The quantitative estimate of drug-likeness (QED) is 0.770. The number of carbonyl (C=O) groups is 1. The van der Waals surface area contributed by atoms with E-state index in [-0.39, 0.29) is 5.78 Å². The molecule has 0 N–H and O–H groups in total. The van der Waals surface area contributed by atoms with Crippen molar-refractivity contribution < 1.29 is 9.53 Å². The summed E-state index contributed by atoms with van der Waals surface area (Å²) in [6.07, 6.45) is 1.22. The zero-order valence-corrected chi connectivity index (χ0v) is 11.0. The van der Waals surface area contributed by atoms with E-state index in [1.165, 1.54) is 0 Å². The molecule has 1 heterocycles. The van der Waals surface area contributed by atoms with Crippen LogP contribution in [-0.2, 0) is 4.74 Å². The number of carbonyl (C=O) groups excluding carboxylic acids is 1. The van der Waals surface area contributed by atoms with Crippen molar-refractivity contribution in [1.82, 2.24) is 0 Å². The van der Waals surface area contributed by atoms with Crippen molar-refractivity contribution >= 4 is 5.78 Å². The molecule has 1 aromatic rings. The summed E-state index contributed by atoms with van der Waals surface area (Å²) in [5.41, 5.74) is -1.11. The van der Waals surface area contributed by atoms with Gasteiger partial charge in [0.15, 0.2) is 11.2 Å². The van der Waals surface area contributed by atoms with Gasteiger partial charge in [-0.15, -0.1) is 0 Å². The Morgan fingerprint density at radius 2 is 1.75 bits per heavy atom. The molecule has 0 amide bonds. The van der Waals surface area contributed by atoms with Gasteiger partial charge in [-0.25, -0.2) is 0 Å². The number of ketones is 1. The van der Waals surface area contributed by atoms with Crippen molar-refractivity contribution in [2.75, 3.05) is 13.2 Å². The summed E-state index contributed by atoms with van der Waals surface area (Å²) < 4.78 is 5.33. The molecule has 1 aromatic carbocycles. The molecule has 0 bridgehead atoms. The van der Waals surface area contributed by atoms with E-state index in [1.807, 2.05) is 6.07 Å². The Bertz CT molecular complexity index is 604. The Balaban J connectivity index is 1.99. The highest BCUT2D eigenvalue weighted by molar-refractivity contribution is 6.02. The fourth-order valence-electron chi connectivity index (χ4n) is 3.61. The number of nitrogens with zero attached hydrogens (tertiary/aromatic N) is 2. The van der Waals surface area contributed by atoms with Gasteiger partial charge in [-0.1, -0.05) is 30.3 Å². The minimum Gasteiger partial charge on any atom is -0.381 e. The molecule has 1 spiro atoms. The maximum absolute atomic E-state index is 12.7. The van der Waals surface area contributed by atoms with E-state index in [2.05, 4.69) is 12.1 Å². The molecular formula is C16H14N2O2. The molecular weight excluding hydrogens is 252 g/mol. The van der Waals surface area contributed by atoms with Gasteiger partial charge in [0.2, 0.25) is 0 Å². The lowest BCUT2D eigenvalue weighted by atomic mass is 9.87. The van der Waals surface area contributed by atoms with E-state index in [9.17, 15) is 15.3 Å². The van der Waals surface area contributed by atoms with Crippen LogP contribution in [0.25, 0.3) is 0 Å². The second-order valence-corrected chi connectivity index (χ2v) is 5.46. The Morgan fingerprint density at radius 1 is 1.15 bits per heavy atom. The van der Waals surface area contributed by atoms with Crippen molar-refractivity contribution in [2.24, 2.45) is 16.7 Å². The van der Waals surface area contributed by atoms with Gasteiger partial charge in [0.25, 0.3) is 0 Å². The summed E-state index contributed by atoms with van der Waals surface area (Å²) in [4.78, 5) is 12.7. The monoisotopic (exact) mass is 266 g/mol. The molecule has 0 radical (unpaired) electrons. The summed E-state index contributed by atoms with van der Waals surface area (Å²) in [7, 11) is 0. The molecule has 1 saturated carbocycles. The summed E-state index contributed by atoms with van der Waals surface area (Å²) in [5.74, 6) is -0.605. The zero-order chi connectivity index (χ0) is 14.2. The Kier molecular flexibility index (Phi) is 2.85. The largest absolute Gasteiger partial charge is 0.381 e. The fraction of sp³-hybridized carbons (Fsp3) is 0.438. The van der Waals surface area contributed by atoms with Crippen molar-refractivity contribution in [3.63, 3.8) is 0 Å². The molecule has 4 heteroatoms. The topological polar surface area (TPSA) is 73.9 Å². The summed E-state index contributed by atoms with van der Waals surface area (Å²) >= 11 is 0. The highest BCUT2D eigenvalue weighted by atomic mass is 16.5. The number of benzene rings is 1. The predicted molar refractivity (Wildman–Crippen MR) is 70.4 cm³/mol. The van der Waals surface area contributed by atoms with Gasteiger partial charge in [0.05, 0.1) is 18.1 Å². The molecule has 1 aliphatic heterocycles. The molecule has 3 rings (SSSR count). The van der Waals surface area contributed by atoms with E-state index in [1.54, 1.807) is 24.3 Å². The van der Waals surface area contributed by atoms with Crippen LogP contribution in [-0.4, -0.2) is 19.0 Å². The van der Waals surface area contributed by atoms with Gasteiger partial charge in [-0.05, 0) is 12.8 Å². The number of rotatable bonds is 2. The average molecular weight is 266 g/mol. The molecule has 1 unspecified atom stereocenters. The van der Waals surface area contributed by atoms with Crippen LogP contribution in [0.4, 0.5) is 0 Å². The first-order valence-electron chi connectivity index (χ1n) is 6.71. The van der Waals surface area contributed by atoms with Crippen LogP contribution in [0, 0.1) is 39.4 Å². The van der Waals surface area contributed by atoms with E-state index in [4.69, 9.17) is 4.74 Å². The first-order valence-corrected chi connectivity index (χ1v) is 6.71. The second kappa shape index (κ2) is 4.44. The van der Waals surface area contributed by atoms with Crippen molar-refractivity contribution in [3.05, 3.63) is 35.9 Å². The molecule has 2 aliphatic rings. The number of ether oxygens (including phenoxy) is 1. The SMILES string of the molecule is N#CC1(C#N)C(C(=O)c2ccccc2)C12CCOCC2. The maximum atomic E-state index is 12.7. The normalized spacial score (nSPS) is 25.4. The predicted octanol–water partition coefficient (Wildman–Crippen LogP) is 2.33. The molecule has 4 nitrogen and oxygen atoms in total. The first kappa shape index (κ1) is 12.8. The minimum atomic E-state index is -1.18. The smallest absolute Gasteiger partial charge is 0.169 e. The molecule has 0 aromatic heterocycles. The van der Waals surface area contributed by atoms with E-state index in [0.717, 1.165) is 0 Å². The number of nitriles is 2. The molecule has 2 fully saturated rings. The van der Waals surface area contributed by atoms with Crippen LogP contribution in [0.3, 0.4) is 0 Å². The summed E-state index contributed by atoms with van der Waals surface area (Å²) in [5, 5.41) is 18.9. The van der Waals surface area contributed by atoms with E-state index in [0.29, 0.717) is 31.6 Å². The van der Waals surface area contributed by atoms with Gasteiger partial charge in [0, 0.05) is 24.2 Å². The van der Waals surface area contributed by atoms with Gasteiger partial charge in [0.1, 0.15) is 0 Å². The standard InChI is InChI=1S/C16H14N2O2/c17-10-16(11-18)14(15(16)6-8-20-9-7-15)13(19)12-4-2-1-3-5-12/h1-5,14H,6-9H2. The van der Waals surface area contributed by atoms with Crippen molar-refractivity contribution in [2.45, 2.75) is 12.8 Å². The number of Topliss-reactive ketones (excluding diaryl/α,β-unsaturated/α-hetero) is 1. The van der Waals surface area contributed by atoms with Crippen LogP contribution in [0.2, 0.25) is 0 Å². The van der Waals surface area contributed by atoms with Crippen molar-refractivity contribution in [3.8, 4) is 12.1 Å². The van der Waals surface area contributed by atoms with Crippen molar-refractivity contribution in [1.29, 1.82) is 10.5 Å². The summed E-state index contributed by atoms with van der Waals surface area (Å²) in [6, 6.07) is 13.2. The lowest BCUT2D eigenvalue weighted by Crippen LogP contribution is -2.23. The van der Waals surface area contributed by atoms with Crippen LogP contribution in [0.5, 0.6) is 0 Å². The number of hydrogen-bond acceptors (Lipinski definition) is 4. The highest BCUT2D eigenvalue weighted by Gasteiger charge is 2.80. The van der Waals surface area contributed by atoms with Gasteiger partial charge >= 0.3 is 0 Å². The lowest BCUT2D eigenvalue weighted by molar-refractivity contribution is 0.0455. The fourth-order valence-corrected chi connectivity index (χ4v) is 3.61. The number of hydrogen-bond donors (Lipinski definition) is 0. The maximum Gasteiger partial charge on any atom is 0.169 e. The van der Waals surface area contributed by atoms with Gasteiger partial charge < -0.3 is 4.74 Å². The van der Waals surface area contributed by atoms with Crippen LogP contribution in [0.15, 0.2) is 30.3 Å². The third kappa shape index (κ3) is 1.46. The third-order valence-corrected chi connectivity index (χ3v) is 4.75. The van der Waals surface area contributed by atoms with Gasteiger partial charge in [-0.3, -0.25) is 4.79 Å². The lowest BCUT2D eigenvalue weighted by Gasteiger charge is -2.23. The second-order valence-electron chi connectivity index (χ2n) is 5.46. The van der Waals surface area contributed by atoms with Gasteiger partial charge in [-0.2, -0.15) is 10.5 Å². The summed E-state index contributed by atoms with van der Waals surface area (Å²) in [6.45, 7) is 1.04. The Morgan fingerprint density at radius 3 is 2.30 bits per heavy atom. The Labute approximate surface area is 117 Å². The van der Waals surface area contributed by atoms with Crippen LogP contribution >= 0.6 is 0 Å². The first-order chi connectivity index (χ1) is 9.72.